The topological polar surface area (TPSA) is 111 Å². The number of carbonyl (C=O) groups is 4. The molecule has 0 unspecified atom stereocenters. The molecule has 2 heterocycles. The molecular weight excluding hydrogens is 350 g/mol. The minimum Gasteiger partial charge on any atom is -0.335 e. The predicted molar refractivity (Wildman–Crippen MR) is 98.0 cm³/mol. The zero-order valence-corrected chi connectivity index (χ0v) is 15.0. The molecule has 1 saturated heterocycles. The molecule has 1 aromatic carbocycles. The smallest absolute Gasteiger partial charge is 0.270 e. The van der Waals surface area contributed by atoms with Gasteiger partial charge in [-0.3, -0.25) is 19.2 Å². The molecule has 0 aromatic heterocycles. The Bertz CT molecular complexity index is 812. The van der Waals surface area contributed by atoms with E-state index in [1.807, 2.05) is 0 Å². The van der Waals surface area contributed by atoms with Crippen molar-refractivity contribution in [2.75, 3.05) is 31.5 Å². The zero-order valence-electron chi connectivity index (χ0n) is 15.0. The third-order valence-corrected chi connectivity index (χ3v) is 4.44. The van der Waals surface area contributed by atoms with E-state index in [4.69, 9.17) is 0 Å². The highest BCUT2D eigenvalue weighted by molar-refractivity contribution is 6.39. The standard InChI is InChI=1S/C18H21N5O4/c1-12(24)19-14-4-2-3-13(11-14)17(26)22-7-9-23(10-8-22)18(27)15-5-6-16(25)21-20-15/h2-4,11H,5-10H2,1H3,(H,19,24)(H,21,25). The number of hydrogen-bond acceptors (Lipinski definition) is 5. The second-order valence-electron chi connectivity index (χ2n) is 6.44. The SMILES string of the molecule is CC(=O)Nc1cccc(C(=O)N2CCN(C(=O)C3=NNC(=O)CC3)CC2)c1. The van der Waals surface area contributed by atoms with Gasteiger partial charge in [0.1, 0.15) is 5.71 Å². The highest BCUT2D eigenvalue weighted by atomic mass is 16.2. The maximum absolute atomic E-state index is 12.7. The lowest BCUT2D eigenvalue weighted by atomic mass is 10.1. The summed E-state index contributed by atoms with van der Waals surface area (Å²) >= 11 is 0. The second-order valence-corrected chi connectivity index (χ2v) is 6.44. The van der Waals surface area contributed by atoms with Gasteiger partial charge in [0, 0.05) is 57.2 Å². The Morgan fingerprint density at radius 3 is 2.30 bits per heavy atom. The van der Waals surface area contributed by atoms with Crippen LogP contribution in [0.15, 0.2) is 29.4 Å². The summed E-state index contributed by atoms with van der Waals surface area (Å²) in [5, 5.41) is 6.49. The van der Waals surface area contributed by atoms with E-state index in [2.05, 4.69) is 15.8 Å². The highest BCUT2D eigenvalue weighted by Crippen LogP contribution is 2.15. The van der Waals surface area contributed by atoms with Crippen molar-refractivity contribution in [1.82, 2.24) is 15.2 Å². The average molecular weight is 371 g/mol. The second kappa shape index (κ2) is 7.98. The number of nitrogens with zero attached hydrogens (tertiary/aromatic N) is 3. The molecule has 2 N–H and O–H groups in total. The molecule has 0 aliphatic carbocycles. The van der Waals surface area contributed by atoms with Crippen molar-refractivity contribution in [2.24, 2.45) is 5.10 Å². The predicted octanol–water partition coefficient (Wildman–Crippen LogP) is 0.195. The Morgan fingerprint density at radius 2 is 1.70 bits per heavy atom. The van der Waals surface area contributed by atoms with E-state index in [1.54, 1.807) is 34.1 Å². The fourth-order valence-electron chi connectivity index (χ4n) is 3.04. The summed E-state index contributed by atoms with van der Waals surface area (Å²) in [6.07, 6.45) is 0.591. The summed E-state index contributed by atoms with van der Waals surface area (Å²) in [7, 11) is 0. The largest absolute Gasteiger partial charge is 0.335 e. The lowest BCUT2D eigenvalue weighted by Crippen LogP contribution is -2.52. The summed E-state index contributed by atoms with van der Waals surface area (Å²) in [6.45, 7) is 3.04. The molecule has 142 valence electrons. The summed E-state index contributed by atoms with van der Waals surface area (Å²) in [5.74, 6) is -0.733. The average Bonchev–Trinajstić information content (AvgIpc) is 2.67. The summed E-state index contributed by atoms with van der Waals surface area (Å²) < 4.78 is 0. The van der Waals surface area contributed by atoms with Crippen LogP contribution < -0.4 is 10.7 Å². The van der Waals surface area contributed by atoms with Gasteiger partial charge in [0.2, 0.25) is 11.8 Å². The van der Waals surface area contributed by atoms with E-state index in [1.165, 1.54) is 6.92 Å². The first-order chi connectivity index (χ1) is 12.9. The van der Waals surface area contributed by atoms with Crippen molar-refractivity contribution in [1.29, 1.82) is 0 Å². The molecule has 4 amide bonds. The van der Waals surface area contributed by atoms with Crippen LogP contribution >= 0.6 is 0 Å². The Balaban J connectivity index is 1.59. The normalized spacial score (nSPS) is 17.1. The highest BCUT2D eigenvalue weighted by Gasteiger charge is 2.28. The summed E-state index contributed by atoms with van der Waals surface area (Å²) in [6, 6.07) is 6.78. The number of hydrazone groups is 1. The van der Waals surface area contributed by atoms with E-state index in [-0.39, 0.29) is 30.0 Å². The Labute approximate surface area is 156 Å². The van der Waals surface area contributed by atoms with E-state index in [0.29, 0.717) is 49.6 Å². The van der Waals surface area contributed by atoms with E-state index in [0.717, 1.165) is 0 Å². The van der Waals surface area contributed by atoms with Crippen LogP contribution in [0.3, 0.4) is 0 Å². The van der Waals surface area contributed by atoms with Crippen molar-refractivity contribution >= 4 is 35.0 Å². The molecule has 0 spiro atoms. The number of nitrogens with one attached hydrogen (secondary N) is 2. The molecule has 3 rings (SSSR count). The Morgan fingerprint density at radius 1 is 1.04 bits per heavy atom. The van der Waals surface area contributed by atoms with Gasteiger partial charge in [0.05, 0.1) is 0 Å². The van der Waals surface area contributed by atoms with Crippen LogP contribution in [0, 0.1) is 0 Å². The third-order valence-electron chi connectivity index (χ3n) is 4.44. The molecule has 2 aliphatic heterocycles. The molecule has 1 fully saturated rings. The van der Waals surface area contributed by atoms with E-state index in [9.17, 15) is 19.2 Å². The quantitative estimate of drug-likeness (QED) is 0.790. The van der Waals surface area contributed by atoms with E-state index < -0.39 is 0 Å². The molecule has 9 heteroatoms. The van der Waals surface area contributed by atoms with Gasteiger partial charge in [-0.15, -0.1) is 0 Å². The molecule has 27 heavy (non-hydrogen) atoms. The van der Waals surface area contributed by atoms with Gasteiger partial charge in [-0.05, 0) is 18.2 Å². The number of anilines is 1. The maximum atomic E-state index is 12.7. The van der Waals surface area contributed by atoms with Crippen LogP contribution in [0.2, 0.25) is 0 Å². The molecule has 0 atom stereocenters. The number of carbonyl (C=O) groups excluding carboxylic acids is 4. The molecule has 0 saturated carbocycles. The third kappa shape index (κ3) is 4.49. The summed E-state index contributed by atoms with van der Waals surface area (Å²) in [4.78, 5) is 50.8. The maximum Gasteiger partial charge on any atom is 0.270 e. The molecule has 1 aromatic rings. The number of amides is 4. The number of benzene rings is 1. The van der Waals surface area contributed by atoms with Gasteiger partial charge in [0.25, 0.3) is 11.8 Å². The van der Waals surface area contributed by atoms with Crippen molar-refractivity contribution < 1.29 is 19.2 Å². The molecular formula is C18H21N5O4. The Kier molecular flexibility index (Phi) is 5.49. The first-order valence-corrected chi connectivity index (χ1v) is 8.75. The van der Waals surface area contributed by atoms with Crippen molar-refractivity contribution in [2.45, 2.75) is 19.8 Å². The van der Waals surface area contributed by atoms with E-state index >= 15 is 0 Å². The molecule has 0 radical (unpaired) electrons. The van der Waals surface area contributed by atoms with Crippen LogP contribution in [0.1, 0.15) is 30.1 Å². The van der Waals surface area contributed by atoms with Crippen LogP contribution in [0.5, 0.6) is 0 Å². The van der Waals surface area contributed by atoms with Gasteiger partial charge in [0.15, 0.2) is 0 Å². The zero-order chi connectivity index (χ0) is 19.4. The van der Waals surface area contributed by atoms with Crippen LogP contribution in [0.25, 0.3) is 0 Å². The van der Waals surface area contributed by atoms with Gasteiger partial charge in [-0.25, -0.2) is 5.43 Å². The molecule has 9 nitrogen and oxygen atoms in total. The number of rotatable bonds is 3. The number of piperazine rings is 1. The van der Waals surface area contributed by atoms with Crippen molar-refractivity contribution in [3.63, 3.8) is 0 Å². The van der Waals surface area contributed by atoms with Gasteiger partial charge < -0.3 is 15.1 Å². The van der Waals surface area contributed by atoms with Crippen molar-refractivity contribution in [3.05, 3.63) is 29.8 Å². The molecule has 2 aliphatic rings. The summed E-state index contributed by atoms with van der Waals surface area (Å²) in [5.41, 5.74) is 3.73. The minimum atomic E-state index is -0.200. The number of hydrogen-bond donors (Lipinski definition) is 2. The minimum absolute atomic E-state index is 0.142. The molecule has 0 bridgehead atoms. The van der Waals surface area contributed by atoms with Gasteiger partial charge >= 0.3 is 0 Å². The lowest BCUT2D eigenvalue weighted by Gasteiger charge is -2.35. The fourth-order valence-corrected chi connectivity index (χ4v) is 3.04. The van der Waals surface area contributed by atoms with Crippen LogP contribution in [-0.4, -0.2) is 65.3 Å². The van der Waals surface area contributed by atoms with Crippen LogP contribution in [-0.2, 0) is 14.4 Å². The van der Waals surface area contributed by atoms with Crippen molar-refractivity contribution in [3.8, 4) is 0 Å². The van der Waals surface area contributed by atoms with Crippen LogP contribution in [0.4, 0.5) is 5.69 Å². The Hall–Kier alpha value is -3.23. The van der Waals surface area contributed by atoms with Gasteiger partial charge in [-0.2, -0.15) is 5.10 Å². The first kappa shape index (κ1) is 18.6. The lowest BCUT2D eigenvalue weighted by molar-refractivity contribution is -0.126. The van der Waals surface area contributed by atoms with Gasteiger partial charge in [-0.1, -0.05) is 6.07 Å². The monoisotopic (exact) mass is 371 g/mol. The fraction of sp³-hybridized carbons (Fsp3) is 0.389. The first-order valence-electron chi connectivity index (χ1n) is 8.75.